The number of carbonyl (C=O) groups excluding carboxylic acids is 1. The average molecular weight is 288 g/mol. The van der Waals surface area contributed by atoms with Gasteiger partial charge in [0.1, 0.15) is 0 Å². The van der Waals surface area contributed by atoms with Gasteiger partial charge < -0.3 is 10.0 Å². The summed E-state index contributed by atoms with van der Waals surface area (Å²) in [7, 11) is 0. The maximum absolute atomic E-state index is 12.3. The Kier molecular flexibility index (Phi) is 4.15. The standard InChI is InChI=1S/C13H15Cl2NO2/c1-8-4-5-16(7-12(8)17)13(18)10-3-2-9(14)6-11(10)15/h2-3,6,8,12,17H,4-5,7H2,1H3. The molecule has 0 radical (unpaired) electrons. The van der Waals surface area contributed by atoms with Gasteiger partial charge in [0.15, 0.2) is 0 Å². The van der Waals surface area contributed by atoms with E-state index in [0.717, 1.165) is 6.42 Å². The van der Waals surface area contributed by atoms with E-state index in [-0.39, 0.29) is 11.8 Å². The molecule has 2 unspecified atom stereocenters. The van der Waals surface area contributed by atoms with Gasteiger partial charge in [0, 0.05) is 18.1 Å². The van der Waals surface area contributed by atoms with E-state index < -0.39 is 6.10 Å². The van der Waals surface area contributed by atoms with Crippen LogP contribution in [0.2, 0.25) is 10.0 Å². The molecule has 1 aliphatic heterocycles. The molecule has 18 heavy (non-hydrogen) atoms. The van der Waals surface area contributed by atoms with Crippen LogP contribution in [0.4, 0.5) is 0 Å². The Balaban J connectivity index is 2.16. The summed E-state index contributed by atoms with van der Waals surface area (Å²) < 4.78 is 0. The van der Waals surface area contributed by atoms with Crippen LogP contribution >= 0.6 is 23.2 Å². The summed E-state index contributed by atoms with van der Waals surface area (Å²) in [5.74, 6) is 0.0809. The Hall–Kier alpha value is -0.770. The van der Waals surface area contributed by atoms with Crippen molar-refractivity contribution in [3.63, 3.8) is 0 Å². The van der Waals surface area contributed by atoms with Crippen molar-refractivity contribution in [3.8, 4) is 0 Å². The highest BCUT2D eigenvalue weighted by Crippen LogP contribution is 2.24. The fourth-order valence-electron chi connectivity index (χ4n) is 2.07. The molecule has 0 bridgehead atoms. The molecule has 1 aliphatic rings. The molecular formula is C13H15Cl2NO2. The second-order valence-electron chi connectivity index (χ2n) is 4.71. The predicted octanol–water partition coefficient (Wildman–Crippen LogP) is 2.84. The van der Waals surface area contributed by atoms with Crippen molar-refractivity contribution in [2.45, 2.75) is 19.4 Å². The second kappa shape index (κ2) is 5.47. The van der Waals surface area contributed by atoms with Gasteiger partial charge >= 0.3 is 0 Å². The van der Waals surface area contributed by atoms with E-state index in [0.29, 0.717) is 28.7 Å². The highest BCUT2D eigenvalue weighted by atomic mass is 35.5. The molecule has 1 aromatic carbocycles. The number of benzene rings is 1. The second-order valence-corrected chi connectivity index (χ2v) is 5.55. The van der Waals surface area contributed by atoms with Crippen LogP contribution in [-0.2, 0) is 0 Å². The van der Waals surface area contributed by atoms with Gasteiger partial charge in [-0.15, -0.1) is 0 Å². The zero-order valence-electron chi connectivity index (χ0n) is 10.1. The third-order valence-electron chi connectivity index (χ3n) is 3.37. The normalized spacial score (nSPS) is 24.1. The molecule has 2 rings (SSSR count). The summed E-state index contributed by atoms with van der Waals surface area (Å²) in [5.41, 5.74) is 0.433. The van der Waals surface area contributed by atoms with E-state index in [9.17, 15) is 9.90 Å². The zero-order valence-corrected chi connectivity index (χ0v) is 11.6. The Morgan fingerprint density at radius 1 is 1.44 bits per heavy atom. The lowest BCUT2D eigenvalue weighted by atomic mass is 9.95. The highest BCUT2D eigenvalue weighted by molar-refractivity contribution is 6.36. The number of hydrogen-bond acceptors (Lipinski definition) is 2. The topological polar surface area (TPSA) is 40.5 Å². The minimum atomic E-state index is -0.464. The summed E-state index contributed by atoms with van der Waals surface area (Å²) in [5, 5.41) is 10.7. The first kappa shape index (κ1) is 13.7. The summed E-state index contributed by atoms with van der Waals surface area (Å²) in [6.45, 7) is 3.00. The molecule has 2 atom stereocenters. The molecule has 0 aromatic heterocycles. The van der Waals surface area contributed by atoms with Crippen molar-refractivity contribution < 1.29 is 9.90 Å². The van der Waals surface area contributed by atoms with Crippen LogP contribution in [0.25, 0.3) is 0 Å². The number of hydrogen-bond donors (Lipinski definition) is 1. The number of β-amino-alcohol motifs (C(OH)–C–C–N with tert-alkyl or cyclic N) is 1. The van der Waals surface area contributed by atoms with Crippen LogP contribution in [-0.4, -0.2) is 35.1 Å². The van der Waals surface area contributed by atoms with Crippen LogP contribution < -0.4 is 0 Å². The number of amides is 1. The minimum absolute atomic E-state index is 0.150. The number of likely N-dealkylation sites (tertiary alicyclic amines) is 1. The van der Waals surface area contributed by atoms with E-state index in [1.807, 2.05) is 6.92 Å². The smallest absolute Gasteiger partial charge is 0.255 e. The Morgan fingerprint density at radius 3 is 2.78 bits per heavy atom. The fraction of sp³-hybridized carbons (Fsp3) is 0.462. The summed E-state index contributed by atoms with van der Waals surface area (Å²) >= 11 is 11.8. The van der Waals surface area contributed by atoms with Gasteiger partial charge in [0.25, 0.3) is 5.91 Å². The monoisotopic (exact) mass is 287 g/mol. The van der Waals surface area contributed by atoms with Crippen LogP contribution in [0.1, 0.15) is 23.7 Å². The molecular weight excluding hydrogens is 273 g/mol. The van der Waals surface area contributed by atoms with E-state index in [1.165, 1.54) is 0 Å². The first-order valence-corrected chi connectivity index (χ1v) is 6.67. The Morgan fingerprint density at radius 2 is 2.17 bits per heavy atom. The third kappa shape index (κ3) is 2.79. The maximum Gasteiger partial charge on any atom is 0.255 e. The van der Waals surface area contributed by atoms with Crippen molar-refractivity contribution in [2.75, 3.05) is 13.1 Å². The highest BCUT2D eigenvalue weighted by Gasteiger charge is 2.28. The number of nitrogens with zero attached hydrogens (tertiary/aromatic N) is 1. The number of aliphatic hydroxyl groups excluding tert-OH is 1. The molecule has 1 saturated heterocycles. The van der Waals surface area contributed by atoms with Gasteiger partial charge in [-0.2, -0.15) is 0 Å². The zero-order chi connectivity index (χ0) is 13.3. The van der Waals surface area contributed by atoms with Crippen molar-refractivity contribution in [1.82, 2.24) is 4.90 Å². The van der Waals surface area contributed by atoms with Gasteiger partial charge in [-0.05, 0) is 30.5 Å². The lowest BCUT2D eigenvalue weighted by Gasteiger charge is -2.34. The fourth-order valence-corrected chi connectivity index (χ4v) is 2.56. The van der Waals surface area contributed by atoms with Crippen LogP contribution in [0, 0.1) is 5.92 Å². The average Bonchev–Trinajstić information content (AvgIpc) is 2.32. The summed E-state index contributed by atoms with van der Waals surface area (Å²) in [6, 6.07) is 4.82. The molecule has 98 valence electrons. The minimum Gasteiger partial charge on any atom is -0.391 e. The number of carbonyl (C=O) groups is 1. The Bertz CT molecular complexity index is 464. The van der Waals surface area contributed by atoms with E-state index in [2.05, 4.69) is 0 Å². The maximum atomic E-state index is 12.3. The van der Waals surface area contributed by atoms with E-state index >= 15 is 0 Å². The molecule has 1 aromatic rings. The number of halogens is 2. The van der Waals surface area contributed by atoms with Gasteiger partial charge in [-0.1, -0.05) is 30.1 Å². The number of aliphatic hydroxyl groups is 1. The largest absolute Gasteiger partial charge is 0.391 e. The molecule has 0 saturated carbocycles. The molecule has 1 N–H and O–H groups in total. The van der Waals surface area contributed by atoms with Crippen molar-refractivity contribution in [1.29, 1.82) is 0 Å². The Labute approximate surface area is 116 Å². The van der Waals surface area contributed by atoms with E-state index in [1.54, 1.807) is 23.1 Å². The predicted molar refractivity (Wildman–Crippen MR) is 72.2 cm³/mol. The molecule has 1 fully saturated rings. The van der Waals surface area contributed by atoms with Crippen molar-refractivity contribution in [3.05, 3.63) is 33.8 Å². The summed E-state index contributed by atoms with van der Waals surface area (Å²) in [6.07, 6.45) is 0.340. The summed E-state index contributed by atoms with van der Waals surface area (Å²) in [4.78, 5) is 13.9. The molecule has 1 heterocycles. The molecule has 1 amide bonds. The van der Waals surface area contributed by atoms with Crippen LogP contribution in [0.15, 0.2) is 18.2 Å². The number of piperidine rings is 1. The van der Waals surface area contributed by atoms with Gasteiger partial charge in [-0.3, -0.25) is 4.79 Å². The van der Waals surface area contributed by atoms with Crippen molar-refractivity contribution >= 4 is 29.1 Å². The van der Waals surface area contributed by atoms with Gasteiger partial charge in [0.2, 0.25) is 0 Å². The van der Waals surface area contributed by atoms with Crippen LogP contribution in [0.5, 0.6) is 0 Å². The molecule has 0 spiro atoms. The molecule has 0 aliphatic carbocycles. The van der Waals surface area contributed by atoms with Crippen molar-refractivity contribution in [2.24, 2.45) is 5.92 Å². The lowest BCUT2D eigenvalue weighted by molar-refractivity contribution is 0.0249. The van der Waals surface area contributed by atoms with Gasteiger partial charge in [-0.25, -0.2) is 0 Å². The molecule has 5 heteroatoms. The van der Waals surface area contributed by atoms with Gasteiger partial charge in [0.05, 0.1) is 16.7 Å². The molecule has 3 nitrogen and oxygen atoms in total. The van der Waals surface area contributed by atoms with Crippen LogP contribution in [0.3, 0.4) is 0 Å². The SMILES string of the molecule is CC1CCN(C(=O)c2ccc(Cl)cc2Cl)CC1O. The first-order valence-electron chi connectivity index (χ1n) is 5.91. The third-order valence-corrected chi connectivity index (χ3v) is 3.92. The first-order chi connectivity index (χ1) is 8.49. The quantitative estimate of drug-likeness (QED) is 0.863. The van der Waals surface area contributed by atoms with E-state index in [4.69, 9.17) is 23.2 Å². The number of rotatable bonds is 1. The lowest BCUT2D eigenvalue weighted by Crippen LogP contribution is -2.45.